The lowest BCUT2D eigenvalue weighted by molar-refractivity contribution is -0.385. The number of amides is 1. The largest absolute Gasteiger partial charge is 0.490 e. The molecule has 0 fully saturated rings. The van der Waals surface area contributed by atoms with Crippen molar-refractivity contribution in [3.8, 4) is 11.5 Å². The molecule has 0 bridgehead atoms. The Hall–Kier alpha value is -2.45. The van der Waals surface area contributed by atoms with Crippen molar-refractivity contribution < 1.29 is 19.2 Å². The number of thioether (sulfide) groups is 1. The molecule has 9 heteroatoms. The smallest absolute Gasteiger partial charge is 0.311 e. The second kappa shape index (κ2) is 9.88. The van der Waals surface area contributed by atoms with Gasteiger partial charge in [0.2, 0.25) is 5.75 Å². The molecule has 0 heterocycles. The minimum Gasteiger partial charge on any atom is -0.490 e. The van der Waals surface area contributed by atoms with E-state index in [4.69, 9.17) is 21.1 Å². The summed E-state index contributed by atoms with van der Waals surface area (Å²) in [5.74, 6) is 0.822. The van der Waals surface area contributed by atoms with E-state index in [0.717, 1.165) is 4.90 Å². The summed E-state index contributed by atoms with van der Waals surface area (Å²) in [5.41, 5.74) is -0.163. The van der Waals surface area contributed by atoms with Crippen LogP contribution in [-0.4, -0.2) is 36.8 Å². The zero-order valence-corrected chi connectivity index (χ0v) is 15.5. The molecule has 0 aromatic heterocycles. The maximum absolute atomic E-state index is 11.8. The van der Waals surface area contributed by atoms with Gasteiger partial charge in [0.25, 0.3) is 5.91 Å². The number of carbonyl (C=O) groups is 1. The van der Waals surface area contributed by atoms with Crippen molar-refractivity contribution in [2.45, 2.75) is 4.90 Å². The number of nitrogens with zero attached hydrogens (tertiary/aromatic N) is 1. The predicted octanol–water partition coefficient (Wildman–Crippen LogP) is 3.54. The zero-order chi connectivity index (χ0) is 18.9. The first-order valence-corrected chi connectivity index (χ1v) is 8.96. The summed E-state index contributed by atoms with van der Waals surface area (Å²) in [6.45, 7) is 0.297. The van der Waals surface area contributed by atoms with Gasteiger partial charge in [0.05, 0.1) is 12.0 Å². The zero-order valence-electron chi connectivity index (χ0n) is 13.9. The molecule has 0 aliphatic heterocycles. The molecule has 2 rings (SSSR count). The summed E-state index contributed by atoms with van der Waals surface area (Å²) in [6, 6.07) is 11.5. The molecule has 2 aromatic rings. The Morgan fingerprint density at radius 1 is 1.27 bits per heavy atom. The summed E-state index contributed by atoms with van der Waals surface area (Å²) in [4.78, 5) is 23.2. The summed E-state index contributed by atoms with van der Waals surface area (Å²) in [6.07, 6.45) is 0. The van der Waals surface area contributed by atoms with Crippen molar-refractivity contribution >= 4 is 35.0 Å². The lowest BCUT2D eigenvalue weighted by Crippen LogP contribution is -2.30. The molecule has 1 amide bonds. The number of nitro groups is 1. The Kier molecular flexibility index (Phi) is 7.55. The number of ether oxygens (including phenoxy) is 2. The van der Waals surface area contributed by atoms with Crippen LogP contribution >= 0.6 is 23.4 Å². The fraction of sp³-hybridized carbons (Fsp3) is 0.235. The number of hydrogen-bond donors (Lipinski definition) is 1. The van der Waals surface area contributed by atoms with Crippen LogP contribution in [0.25, 0.3) is 0 Å². The van der Waals surface area contributed by atoms with Gasteiger partial charge in [-0.15, -0.1) is 11.8 Å². The van der Waals surface area contributed by atoms with Crippen LogP contribution < -0.4 is 14.8 Å². The molecule has 26 heavy (non-hydrogen) atoms. The van der Waals surface area contributed by atoms with Gasteiger partial charge >= 0.3 is 5.69 Å². The Balaban J connectivity index is 1.73. The summed E-state index contributed by atoms with van der Waals surface area (Å²) < 4.78 is 10.3. The van der Waals surface area contributed by atoms with Crippen LogP contribution in [0.2, 0.25) is 5.02 Å². The van der Waals surface area contributed by atoms with Crippen LogP contribution in [0.15, 0.2) is 47.4 Å². The van der Waals surface area contributed by atoms with E-state index >= 15 is 0 Å². The van der Waals surface area contributed by atoms with Crippen molar-refractivity contribution in [2.75, 3.05) is 26.0 Å². The third-order valence-corrected chi connectivity index (χ3v) is 4.49. The van der Waals surface area contributed by atoms with Crippen molar-refractivity contribution in [2.24, 2.45) is 0 Å². The number of benzene rings is 2. The number of carbonyl (C=O) groups excluding carboxylic acids is 1. The van der Waals surface area contributed by atoms with E-state index in [0.29, 0.717) is 23.1 Å². The first-order valence-electron chi connectivity index (χ1n) is 7.60. The van der Waals surface area contributed by atoms with Gasteiger partial charge in [0, 0.05) is 34.3 Å². The number of nitro benzene ring substituents is 1. The normalized spacial score (nSPS) is 10.2. The quantitative estimate of drug-likeness (QED) is 0.302. The standard InChI is InChI=1S/C17H17ClN2O5S/c1-24-16-10-13(4-7-15(16)20(22)23)25-11-17(21)19-8-9-26-14-5-2-12(18)3-6-14/h2-7,10H,8-9,11H2,1H3,(H,19,21). The molecule has 1 N–H and O–H groups in total. The molecule has 0 saturated carbocycles. The predicted molar refractivity (Wildman–Crippen MR) is 100 cm³/mol. The van der Waals surface area contributed by atoms with Crippen molar-refractivity contribution in [3.05, 3.63) is 57.6 Å². The molecule has 138 valence electrons. The Morgan fingerprint density at radius 2 is 2.00 bits per heavy atom. The van der Waals surface area contributed by atoms with Crippen molar-refractivity contribution in [3.63, 3.8) is 0 Å². The summed E-state index contributed by atoms with van der Waals surface area (Å²) in [7, 11) is 1.33. The van der Waals surface area contributed by atoms with E-state index in [2.05, 4.69) is 5.32 Å². The molecule has 0 atom stereocenters. The molecule has 2 aromatic carbocycles. The second-order valence-corrected chi connectivity index (χ2v) is 6.64. The number of nitrogens with one attached hydrogen (secondary N) is 1. The van der Waals surface area contributed by atoms with Gasteiger partial charge in [-0.25, -0.2) is 0 Å². The highest BCUT2D eigenvalue weighted by atomic mass is 35.5. The Labute approximate surface area is 159 Å². The van der Waals surface area contributed by atoms with Crippen LogP contribution in [0.1, 0.15) is 0 Å². The van der Waals surface area contributed by atoms with E-state index in [9.17, 15) is 14.9 Å². The molecular formula is C17H17ClN2O5S. The highest BCUT2D eigenvalue weighted by Gasteiger charge is 2.15. The number of rotatable bonds is 9. The van der Waals surface area contributed by atoms with E-state index in [1.807, 2.05) is 24.3 Å². The molecule has 0 radical (unpaired) electrons. The fourth-order valence-corrected chi connectivity index (χ4v) is 2.88. The van der Waals surface area contributed by atoms with Crippen LogP contribution in [0.3, 0.4) is 0 Å². The van der Waals surface area contributed by atoms with Crippen LogP contribution in [0.4, 0.5) is 5.69 Å². The van der Waals surface area contributed by atoms with E-state index in [1.165, 1.54) is 25.3 Å². The van der Waals surface area contributed by atoms with Gasteiger partial charge in [-0.1, -0.05) is 11.6 Å². The van der Waals surface area contributed by atoms with Crippen LogP contribution in [0, 0.1) is 10.1 Å². The maximum atomic E-state index is 11.8. The number of methoxy groups -OCH3 is 1. The van der Waals surface area contributed by atoms with Gasteiger partial charge < -0.3 is 14.8 Å². The number of hydrogen-bond acceptors (Lipinski definition) is 6. The Bertz CT molecular complexity index is 770. The molecular weight excluding hydrogens is 380 g/mol. The molecule has 0 unspecified atom stereocenters. The van der Waals surface area contributed by atoms with Crippen LogP contribution in [-0.2, 0) is 4.79 Å². The highest BCUT2D eigenvalue weighted by molar-refractivity contribution is 7.99. The third kappa shape index (κ3) is 6.12. The highest BCUT2D eigenvalue weighted by Crippen LogP contribution is 2.30. The lowest BCUT2D eigenvalue weighted by atomic mass is 10.3. The van der Waals surface area contributed by atoms with E-state index < -0.39 is 4.92 Å². The first-order chi connectivity index (χ1) is 12.5. The molecule has 0 spiro atoms. The first kappa shape index (κ1) is 19.9. The molecule has 0 aliphatic rings. The number of halogens is 1. The van der Waals surface area contributed by atoms with Crippen molar-refractivity contribution in [1.29, 1.82) is 0 Å². The molecule has 0 aliphatic carbocycles. The average Bonchev–Trinajstić information content (AvgIpc) is 2.64. The van der Waals surface area contributed by atoms with Gasteiger partial charge in [-0.3, -0.25) is 14.9 Å². The van der Waals surface area contributed by atoms with Crippen LogP contribution in [0.5, 0.6) is 11.5 Å². The van der Waals surface area contributed by atoms with Gasteiger partial charge in [-0.05, 0) is 30.3 Å². The monoisotopic (exact) mass is 396 g/mol. The second-order valence-electron chi connectivity index (χ2n) is 5.03. The van der Waals surface area contributed by atoms with Gasteiger partial charge in [-0.2, -0.15) is 0 Å². The summed E-state index contributed by atoms with van der Waals surface area (Å²) >= 11 is 7.42. The van der Waals surface area contributed by atoms with E-state index in [1.54, 1.807) is 11.8 Å². The maximum Gasteiger partial charge on any atom is 0.311 e. The minimum atomic E-state index is -0.548. The lowest BCUT2D eigenvalue weighted by Gasteiger charge is -2.09. The summed E-state index contributed by atoms with van der Waals surface area (Å²) in [5, 5.41) is 14.3. The van der Waals surface area contributed by atoms with Crippen molar-refractivity contribution in [1.82, 2.24) is 5.32 Å². The third-order valence-electron chi connectivity index (χ3n) is 3.22. The molecule has 7 nitrogen and oxygen atoms in total. The van der Waals surface area contributed by atoms with Gasteiger partial charge in [0.15, 0.2) is 6.61 Å². The molecule has 0 saturated heterocycles. The Morgan fingerprint density at radius 3 is 2.65 bits per heavy atom. The average molecular weight is 397 g/mol. The topological polar surface area (TPSA) is 90.7 Å². The fourth-order valence-electron chi connectivity index (χ4n) is 1.99. The van der Waals surface area contributed by atoms with E-state index in [-0.39, 0.29) is 24.0 Å². The van der Waals surface area contributed by atoms with Gasteiger partial charge in [0.1, 0.15) is 5.75 Å². The SMILES string of the molecule is COc1cc(OCC(=O)NCCSc2ccc(Cl)cc2)ccc1[N+](=O)[O-]. The minimum absolute atomic E-state index is 0.0762.